The zero-order chi connectivity index (χ0) is 21.0. The number of fused-ring (bicyclic) bond motifs is 1. The van der Waals surface area contributed by atoms with Gasteiger partial charge in [0.05, 0.1) is 5.54 Å². The second-order valence-corrected chi connectivity index (χ2v) is 7.15. The molecule has 0 aliphatic heterocycles. The minimum absolute atomic E-state index is 0.169. The number of amides is 1. The summed E-state index contributed by atoms with van der Waals surface area (Å²) in [7, 11) is 0. The zero-order valence-corrected chi connectivity index (χ0v) is 16.5. The molecule has 0 spiro atoms. The number of carbonyl (C=O) groups is 1. The van der Waals surface area contributed by atoms with E-state index in [2.05, 4.69) is 5.32 Å². The van der Waals surface area contributed by atoms with Gasteiger partial charge in [-0.1, -0.05) is 60.7 Å². The third-order valence-corrected chi connectivity index (χ3v) is 5.06. The molecule has 5 nitrogen and oxygen atoms in total. The number of rotatable bonds is 6. The fourth-order valence-corrected chi connectivity index (χ4v) is 3.45. The molecule has 0 unspecified atom stereocenters. The first-order valence-corrected chi connectivity index (χ1v) is 9.63. The van der Waals surface area contributed by atoms with Gasteiger partial charge in [-0.15, -0.1) is 0 Å². The topological polar surface area (TPSA) is 68.5 Å². The Kier molecular flexibility index (Phi) is 5.35. The summed E-state index contributed by atoms with van der Waals surface area (Å²) in [6.45, 7) is 1.80. The van der Waals surface area contributed by atoms with Gasteiger partial charge in [0.25, 0.3) is 5.91 Å². The van der Waals surface area contributed by atoms with Crippen molar-refractivity contribution >= 4 is 16.9 Å². The maximum atomic E-state index is 12.8. The first-order chi connectivity index (χ1) is 14.5. The fourth-order valence-electron chi connectivity index (χ4n) is 3.45. The van der Waals surface area contributed by atoms with Crippen LogP contribution in [0.5, 0.6) is 5.75 Å². The van der Waals surface area contributed by atoms with E-state index in [9.17, 15) is 9.59 Å². The Balaban J connectivity index is 1.53. The molecule has 0 aliphatic rings. The Bertz CT molecular complexity index is 1180. The van der Waals surface area contributed by atoms with Crippen LogP contribution in [-0.2, 0) is 10.3 Å². The minimum Gasteiger partial charge on any atom is -0.484 e. The maximum Gasteiger partial charge on any atom is 0.336 e. The van der Waals surface area contributed by atoms with Crippen LogP contribution in [0, 0.1) is 0 Å². The minimum atomic E-state index is -0.709. The van der Waals surface area contributed by atoms with E-state index in [-0.39, 0.29) is 12.5 Å². The summed E-state index contributed by atoms with van der Waals surface area (Å²) in [5.74, 6) is 0.188. The molecule has 5 heteroatoms. The van der Waals surface area contributed by atoms with Crippen LogP contribution in [0.4, 0.5) is 0 Å². The monoisotopic (exact) mass is 399 g/mol. The molecule has 0 atom stereocenters. The molecule has 4 aromatic rings. The van der Waals surface area contributed by atoms with Gasteiger partial charge in [0, 0.05) is 17.5 Å². The van der Waals surface area contributed by atoms with Gasteiger partial charge in [-0.05, 0) is 36.2 Å². The summed E-state index contributed by atoms with van der Waals surface area (Å²) in [6, 6.07) is 27.8. The molecule has 1 N–H and O–H groups in total. The molecule has 1 heterocycles. The molecule has 0 radical (unpaired) electrons. The van der Waals surface area contributed by atoms with Gasteiger partial charge in [0.1, 0.15) is 11.3 Å². The molecule has 0 bridgehead atoms. The standard InChI is InChI=1S/C25H21NO4/c1-25(19-8-4-2-5-9-19,20-10-6-3-7-11-20)26-23(27)17-29-21-14-12-18-13-15-24(28)30-22(18)16-21/h2-16H,17H2,1H3,(H,26,27). The van der Waals surface area contributed by atoms with E-state index in [0.29, 0.717) is 11.3 Å². The van der Waals surface area contributed by atoms with Crippen LogP contribution >= 0.6 is 0 Å². The predicted molar refractivity (Wildman–Crippen MR) is 115 cm³/mol. The van der Waals surface area contributed by atoms with Gasteiger partial charge in [-0.2, -0.15) is 0 Å². The smallest absolute Gasteiger partial charge is 0.336 e. The third kappa shape index (κ3) is 4.10. The summed E-state index contributed by atoms with van der Waals surface area (Å²) < 4.78 is 10.8. The van der Waals surface area contributed by atoms with Gasteiger partial charge < -0.3 is 14.5 Å². The Hall–Kier alpha value is -3.86. The van der Waals surface area contributed by atoms with Crippen LogP contribution in [0.25, 0.3) is 11.0 Å². The van der Waals surface area contributed by atoms with Crippen molar-refractivity contribution in [3.63, 3.8) is 0 Å². The predicted octanol–water partition coefficient (Wildman–Crippen LogP) is 4.25. The Morgan fingerprint density at radius 1 is 0.900 bits per heavy atom. The largest absolute Gasteiger partial charge is 0.484 e. The second kappa shape index (κ2) is 8.25. The van der Waals surface area contributed by atoms with E-state index in [4.69, 9.17) is 9.15 Å². The van der Waals surface area contributed by atoms with Crippen molar-refractivity contribution in [2.75, 3.05) is 6.61 Å². The number of nitrogens with one attached hydrogen (secondary N) is 1. The van der Waals surface area contributed by atoms with Crippen LogP contribution in [0.1, 0.15) is 18.1 Å². The Morgan fingerprint density at radius 3 is 2.13 bits per heavy atom. The highest BCUT2D eigenvalue weighted by molar-refractivity contribution is 5.80. The maximum absolute atomic E-state index is 12.8. The van der Waals surface area contributed by atoms with Crippen LogP contribution in [-0.4, -0.2) is 12.5 Å². The lowest BCUT2D eigenvalue weighted by molar-refractivity contribution is -0.124. The van der Waals surface area contributed by atoms with E-state index in [1.165, 1.54) is 6.07 Å². The molecule has 3 aromatic carbocycles. The van der Waals surface area contributed by atoms with Gasteiger partial charge in [0.15, 0.2) is 6.61 Å². The number of hydrogen-bond acceptors (Lipinski definition) is 4. The summed E-state index contributed by atoms with van der Waals surface area (Å²) in [5.41, 5.74) is 1.21. The second-order valence-electron chi connectivity index (χ2n) is 7.15. The van der Waals surface area contributed by atoms with Crippen molar-refractivity contribution in [2.45, 2.75) is 12.5 Å². The van der Waals surface area contributed by atoms with E-state index in [1.54, 1.807) is 24.3 Å². The summed E-state index contributed by atoms with van der Waals surface area (Å²) in [5, 5.41) is 3.89. The zero-order valence-electron chi connectivity index (χ0n) is 16.5. The lowest BCUT2D eigenvalue weighted by Crippen LogP contribution is -2.46. The molecule has 1 amide bonds. The van der Waals surface area contributed by atoms with Crippen molar-refractivity contribution in [2.24, 2.45) is 0 Å². The lowest BCUT2D eigenvalue weighted by Gasteiger charge is -2.32. The quantitative estimate of drug-likeness (QED) is 0.492. The van der Waals surface area contributed by atoms with Crippen LogP contribution in [0.2, 0.25) is 0 Å². The van der Waals surface area contributed by atoms with Gasteiger partial charge >= 0.3 is 5.63 Å². The van der Waals surface area contributed by atoms with Gasteiger partial charge in [-0.3, -0.25) is 4.79 Å². The molecule has 30 heavy (non-hydrogen) atoms. The number of hydrogen-bond donors (Lipinski definition) is 1. The normalized spacial score (nSPS) is 11.2. The molecule has 4 rings (SSSR count). The lowest BCUT2D eigenvalue weighted by atomic mass is 9.84. The molecular formula is C25H21NO4. The third-order valence-electron chi connectivity index (χ3n) is 5.06. The molecule has 1 aromatic heterocycles. The molecule has 0 saturated carbocycles. The van der Waals surface area contributed by atoms with Crippen LogP contribution < -0.4 is 15.7 Å². The van der Waals surface area contributed by atoms with Crippen molar-refractivity contribution < 1.29 is 13.9 Å². The SMILES string of the molecule is CC(NC(=O)COc1ccc2ccc(=O)oc2c1)(c1ccccc1)c1ccccc1. The van der Waals surface area contributed by atoms with E-state index < -0.39 is 11.2 Å². The highest BCUT2D eigenvalue weighted by Gasteiger charge is 2.30. The molecule has 0 aliphatic carbocycles. The first kappa shape index (κ1) is 19.5. The summed E-state index contributed by atoms with van der Waals surface area (Å²) in [4.78, 5) is 24.2. The number of benzene rings is 3. The highest BCUT2D eigenvalue weighted by Crippen LogP contribution is 2.29. The van der Waals surface area contributed by atoms with E-state index in [0.717, 1.165) is 16.5 Å². The van der Waals surface area contributed by atoms with Crippen LogP contribution in [0.15, 0.2) is 100 Å². The van der Waals surface area contributed by atoms with Crippen molar-refractivity contribution in [1.29, 1.82) is 0 Å². The van der Waals surface area contributed by atoms with Crippen LogP contribution in [0.3, 0.4) is 0 Å². The Morgan fingerprint density at radius 2 is 1.50 bits per heavy atom. The fraction of sp³-hybridized carbons (Fsp3) is 0.120. The van der Waals surface area contributed by atoms with Gasteiger partial charge in [-0.25, -0.2) is 4.79 Å². The van der Waals surface area contributed by atoms with Crippen molar-refractivity contribution in [3.8, 4) is 5.75 Å². The average Bonchev–Trinajstić information content (AvgIpc) is 2.78. The van der Waals surface area contributed by atoms with Crippen molar-refractivity contribution in [1.82, 2.24) is 5.32 Å². The Labute approximate surface area is 173 Å². The molecular weight excluding hydrogens is 378 g/mol. The average molecular weight is 399 g/mol. The molecule has 0 saturated heterocycles. The highest BCUT2D eigenvalue weighted by atomic mass is 16.5. The number of carbonyl (C=O) groups excluding carboxylic acids is 1. The summed E-state index contributed by atoms with van der Waals surface area (Å²) in [6.07, 6.45) is 0. The van der Waals surface area contributed by atoms with E-state index >= 15 is 0 Å². The first-order valence-electron chi connectivity index (χ1n) is 9.63. The number of ether oxygens (including phenoxy) is 1. The van der Waals surface area contributed by atoms with E-state index in [1.807, 2.05) is 67.6 Å². The molecule has 0 fully saturated rings. The summed E-state index contributed by atoms with van der Waals surface area (Å²) >= 11 is 0. The van der Waals surface area contributed by atoms with Gasteiger partial charge in [0.2, 0.25) is 0 Å². The molecule has 150 valence electrons. The van der Waals surface area contributed by atoms with Crippen molar-refractivity contribution in [3.05, 3.63) is 113 Å².